The zero-order chi connectivity index (χ0) is 13.4. The first kappa shape index (κ1) is 14.1. The first-order valence-electron chi connectivity index (χ1n) is 5.19. The fourth-order valence-corrected chi connectivity index (χ4v) is 2.18. The molecule has 0 spiro atoms. The molecular weight excluding hydrogens is 261 g/mol. The fourth-order valence-electron chi connectivity index (χ4n) is 1.69. The predicted molar refractivity (Wildman–Crippen MR) is 70.7 cm³/mol. The highest BCUT2D eigenvalue weighted by Gasteiger charge is 2.40. The molecular formula is C12H15Cl2NO2. The lowest BCUT2D eigenvalue weighted by atomic mass is 9.73. The van der Waals surface area contributed by atoms with E-state index in [1.807, 2.05) is 13.8 Å². The van der Waals surface area contributed by atoms with Crippen LogP contribution >= 0.6 is 23.2 Å². The van der Waals surface area contributed by atoms with Gasteiger partial charge in [-0.25, -0.2) is 0 Å². The van der Waals surface area contributed by atoms with Gasteiger partial charge in [0.2, 0.25) is 0 Å². The molecule has 0 bridgehead atoms. The number of benzene rings is 1. The van der Waals surface area contributed by atoms with Crippen LogP contribution in [0.5, 0.6) is 0 Å². The van der Waals surface area contributed by atoms with E-state index in [2.05, 4.69) is 0 Å². The number of carboxylic acids is 1. The average Bonchev–Trinajstić information content (AvgIpc) is 2.21. The molecule has 0 aliphatic carbocycles. The number of halogens is 2. The predicted octanol–water partition coefficient (Wildman–Crippen LogP) is 3.57. The maximum absolute atomic E-state index is 11.5. The molecule has 1 aromatic carbocycles. The molecule has 3 nitrogen and oxygen atoms in total. The fraction of sp³-hybridized carbons (Fsp3) is 0.417. The number of hydrogen-bond donors (Lipinski definition) is 2. The quantitative estimate of drug-likeness (QED) is 0.829. The third kappa shape index (κ3) is 2.35. The van der Waals surface area contributed by atoms with E-state index in [4.69, 9.17) is 28.9 Å². The Morgan fingerprint density at radius 2 is 1.94 bits per heavy atom. The molecule has 0 saturated carbocycles. The number of anilines is 1. The van der Waals surface area contributed by atoms with Gasteiger partial charge in [0.15, 0.2) is 0 Å². The normalized spacial score (nSPS) is 14.7. The second-order valence-corrected chi connectivity index (χ2v) is 5.35. The Hall–Kier alpha value is -0.930. The molecule has 1 rings (SSSR count). The molecule has 17 heavy (non-hydrogen) atoms. The lowest BCUT2D eigenvalue weighted by molar-refractivity contribution is -0.144. The summed E-state index contributed by atoms with van der Waals surface area (Å²) in [7, 11) is 0. The summed E-state index contributed by atoms with van der Waals surface area (Å²) < 4.78 is 0. The van der Waals surface area contributed by atoms with E-state index in [0.29, 0.717) is 10.6 Å². The molecule has 0 aliphatic rings. The number of nitrogen functional groups attached to an aromatic ring is 1. The molecule has 0 aliphatic heterocycles. The molecule has 0 fully saturated rings. The Bertz CT molecular complexity index is 460. The highest BCUT2D eigenvalue weighted by Crippen LogP contribution is 2.40. The van der Waals surface area contributed by atoms with E-state index in [9.17, 15) is 9.90 Å². The van der Waals surface area contributed by atoms with Gasteiger partial charge in [-0.1, -0.05) is 37.0 Å². The molecule has 1 unspecified atom stereocenters. The van der Waals surface area contributed by atoms with Crippen molar-refractivity contribution < 1.29 is 9.90 Å². The van der Waals surface area contributed by atoms with Crippen molar-refractivity contribution in [3.63, 3.8) is 0 Å². The summed E-state index contributed by atoms with van der Waals surface area (Å²) in [6.45, 7) is 5.27. The van der Waals surface area contributed by atoms with Crippen molar-refractivity contribution in [2.75, 3.05) is 5.73 Å². The maximum Gasteiger partial charge on any atom is 0.314 e. The van der Waals surface area contributed by atoms with E-state index in [0.717, 1.165) is 0 Å². The molecule has 5 heteroatoms. The number of hydrogen-bond acceptors (Lipinski definition) is 2. The van der Waals surface area contributed by atoms with E-state index in [1.165, 1.54) is 6.07 Å². The lowest BCUT2D eigenvalue weighted by Gasteiger charge is -2.31. The average molecular weight is 276 g/mol. The summed E-state index contributed by atoms with van der Waals surface area (Å²) in [4.78, 5) is 11.5. The van der Waals surface area contributed by atoms with Crippen molar-refractivity contribution >= 4 is 34.9 Å². The molecule has 0 saturated heterocycles. The van der Waals surface area contributed by atoms with Crippen LogP contribution in [-0.4, -0.2) is 11.1 Å². The van der Waals surface area contributed by atoms with Crippen molar-refractivity contribution in [1.82, 2.24) is 0 Å². The van der Waals surface area contributed by atoms with Gasteiger partial charge in [-0.2, -0.15) is 0 Å². The van der Waals surface area contributed by atoms with Gasteiger partial charge in [0.1, 0.15) is 0 Å². The second-order valence-electron chi connectivity index (χ2n) is 4.51. The summed E-state index contributed by atoms with van der Waals surface area (Å²) >= 11 is 11.8. The van der Waals surface area contributed by atoms with Crippen molar-refractivity contribution in [2.45, 2.75) is 26.2 Å². The van der Waals surface area contributed by atoms with E-state index in [-0.39, 0.29) is 16.6 Å². The zero-order valence-electron chi connectivity index (χ0n) is 9.92. The van der Waals surface area contributed by atoms with Crippen molar-refractivity contribution in [1.29, 1.82) is 0 Å². The van der Waals surface area contributed by atoms with Gasteiger partial charge in [-0.3, -0.25) is 4.79 Å². The van der Waals surface area contributed by atoms with Gasteiger partial charge in [0.05, 0.1) is 16.1 Å². The number of carboxylic acid groups (broad SMARTS) is 1. The van der Waals surface area contributed by atoms with Gasteiger partial charge in [0, 0.05) is 5.02 Å². The molecule has 94 valence electrons. The SMILES string of the molecule is CC(C)C(C)(C(=O)O)c1cc(Cl)cc(Cl)c1N. The molecule has 0 amide bonds. The van der Waals surface area contributed by atoms with Crippen molar-refractivity contribution in [2.24, 2.45) is 5.92 Å². The van der Waals surface area contributed by atoms with E-state index < -0.39 is 11.4 Å². The van der Waals surface area contributed by atoms with Crippen LogP contribution in [0.25, 0.3) is 0 Å². The maximum atomic E-state index is 11.5. The molecule has 0 heterocycles. The van der Waals surface area contributed by atoms with Crippen LogP contribution in [0.2, 0.25) is 10.0 Å². The number of aliphatic carboxylic acids is 1. The third-order valence-corrected chi connectivity index (χ3v) is 3.78. The van der Waals surface area contributed by atoms with Crippen molar-refractivity contribution in [3.05, 3.63) is 27.7 Å². The highest BCUT2D eigenvalue weighted by molar-refractivity contribution is 6.36. The number of nitrogens with two attached hydrogens (primary N) is 1. The topological polar surface area (TPSA) is 63.3 Å². The summed E-state index contributed by atoms with van der Waals surface area (Å²) in [6, 6.07) is 3.07. The zero-order valence-corrected chi connectivity index (χ0v) is 11.4. The summed E-state index contributed by atoms with van der Waals surface area (Å²) in [5.74, 6) is -1.09. The highest BCUT2D eigenvalue weighted by atomic mass is 35.5. The lowest BCUT2D eigenvalue weighted by Crippen LogP contribution is -2.38. The third-order valence-electron chi connectivity index (χ3n) is 3.25. The Balaban J connectivity index is 3.55. The Morgan fingerprint density at radius 1 is 1.41 bits per heavy atom. The van der Waals surface area contributed by atoms with E-state index in [1.54, 1.807) is 13.0 Å². The van der Waals surface area contributed by atoms with Gasteiger partial charge in [-0.15, -0.1) is 0 Å². The summed E-state index contributed by atoms with van der Waals surface area (Å²) in [5.41, 5.74) is 5.48. The van der Waals surface area contributed by atoms with Crippen LogP contribution in [0.4, 0.5) is 5.69 Å². The van der Waals surface area contributed by atoms with Gasteiger partial charge < -0.3 is 10.8 Å². The molecule has 1 aromatic rings. The molecule has 1 atom stereocenters. The molecule has 0 radical (unpaired) electrons. The minimum atomic E-state index is -1.11. The van der Waals surface area contributed by atoms with E-state index >= 15 is 0 Å². The van der Waals surface area contributed by atoms with Gasteiger partial charge in [0.25, 0.3) is 0 Å². The van der Waals surface area contributed by atoms with Crippen LogP contribution < -0.4 is 5.73 Å². The molecule has 0 aromatic heterocycles. The minimum absolute atomic E-state index is 0.142. The summed E-state index contributed by atoms with van der Waals surface area (Å²) in [6.07, 6.45) is 0. The van der Waals surface area contributed by atoms with Crippen LogP contribution in [0, 0.1) is 5.92 Å². The van der Waals surface area contributed by atoms with Crippen LogP contribution in [0.1, 0.15) is 26.3 Å². The summed E-state index contributed by atoms with van der Waals surface area (Å²) in [5, 5.41) is 10.1. The largest absolute Gasteiger partial charge is 0.481 e. The van der Waals surface area contributed by atoms with Crippen LogP contribution in [0.3, 0.4) is 0 Å². The standard InChI is InChI=1S/C12H15Cl2NO2/c1-6(2)12(3,11(16)17)8-4-7(13)5-9(14)10(8)15/h4-6H,15H2,1-3H3,(H,16,17). The Kier molecular flexibility index (Phi) is 3.95. The molecule has 3 N–H and O–H groups in total. The van der Waals surface area contributed by atoms with Crippen LogP contribution in [0.15, 0.2) is 12.1 Å². The second kappa shape index (κ2) is 4.75. The smallest absolute Gasteiger partial charge is 0.314 e. The first-order valence-corrected chi connectivity index (χ1v) is 5.95. The number of carbonyl (C=O) groups is 1. The Morgan fingerprint density at radius 3 is 2.35 bits per heavy atom. The minimum Gasteiger partial charge on any atom is -0.481 e. The Labute approximate surface area is 111 Å². The number of rotatable bonds is 3. The monoisotopic (exact) mass is 275 g/mol. The van der Waals surface area contributed by atoms with Gasteiger partial charge in [-0.05, 0) is 30.5 Å². The first-order chi connectivity index (χ1) is 7.71. The van der Waals surface area contributed by atoms with Gasteiger partial charge >= 0.3 is 5.97 Å². The van der Waals surface area contributed by atoms with Crippen LogP contribution in [-0.2, 0) is 10.2 Å². The van der Waals surface area contributed by atoms with Crippen molar-refractivity contribution in [3.8, 4) is 0 Å².